The molecule has 4 fully saturated rings. The highest BCUT2D eigenvalue weighted by Gasteiger charge is 2.69. The number of hydrogen-bond donors (Lipinski definition) is 1. The van der Waals surface area contributed by atoms with Crippen molar-refractivity contribution in [1.29, 1.82) is 0 Å². The van der Waals surface area contributed by atoms with Crippen LogP contribution in [-0.4, -0.2) is 35.6 Å². The third kappa shape index (κ3) is 5.80. The van der Waals surface area contributed by atoms with Crippen LogP contribution in [0.2, 0.25) is 0 Å². The molecule has 6 rings (SSSR count). The summed E-state index contributed by atoms with van der Waals surface area (Å²) in [7, 11) is 4.73. The van der Waals surface area contributed by atoms with Crippen LogP contribution in [0.3, 0.4) is 0 Å². The summed E-state index contributed by atoms with van der Waals surface area (Å²) >= 11 is 0. The van der Waals surface area contributed by atoms with Gasteiger partial charge in [-0.25, -0.2) is 4.79 Å². The Morgan fingerprint density at radius 2 is 1.42 bits per heavy atom. The fourth-order valence-electron chi connectivity index (χ4n) is 12.2. The minimum absolute atomic E-state index is 0.0783. The summed E-state index contributed by atoms with van der Waals surface area (Å²) in [6.45, 7) is 26.3. The van der Waals surface area contributed by atoms with Crippen LogP contribution in [0.4, 0.5) is 0 Å². The lowest BCUT2D eigenvalue weighted by Gasteiger charge is -2.72. The monoisotopic (exact) mass is 620 g/mol. The predicted molar refractivity (Wildman–Crippen MR) is 195 cm³/mol. The normalized spacial score (nSPS) is 38.9. The lowest BCUT2D eigenvalue weighted by molar-refractivity contribution is -0.222. The van der Waals surface area contributed by atoms with Gasteiger partial charge in [-0.05, 0) is 147 Å². The molecule has 0 radical (unpaired) electrons. The van der Waals surface area contributed by atoms with Gasteiger partial charge in [0.05, 0.1) is 5.56 Å². The average Bonchev–Trinajstić information content (AvgIpc) is 3.46. The van der Waals surface area contributed by atoms with Gasteiger partial charge in [-0.2, -0.15) is 0 Å². The van der Waals surface area contributed by atoms with Crippen LogP contribution < -0.4 is 0 Å². The Labute approximate surface area is 278 Å². The first kappa shape index (κ1) is 37.6. The second-order valence-electron chi connectivity index (χ2n) is 16.0. The van der Waals surface area contributed by atoms with E-state index in [0.717, 1.165) is 24.2 Å². The van der Waals surface area contributed by atoms with Gasteiger partial charge in [0.15, 0.2) is 0 Å². The summed E-state index contributed by atoms with van der Waals surface area (Å²) in [5.74, 6) is 2.33. The molecule has 3 heteroatoms. The summed E-state index contributed by atoms with van der Waals surface area (Å²) in [6.07, 6.45) is 18.0. The number of benzene rings is 1. The molecule has 0 aliphatic heterocycles. The van der Waals surface area contributed by atoms with Crippen molar-refractivity contribution in [3.05, 3.63) is 54.1 Å². The van der Waals surface area contributed by atoms with Crippen LogP contribution in [0.1, 0.15) is 149 Å². The van der Waals surface area contributed by atoms with Crippen molar-refractivity contribution in [3.8, 4) is 0 Å². The van der Waals surface area contributed by atoms with Crippen molar-refractivity contribution in [1.82, 2.24) is 4.90 Å². The number of allylic oxidation sites excluding steroid dienone is 3. The highest BCUT2D eigenvalue weighted by atomic mass is 16.4. The Hall–Kier alpha value is -1.87. The molecule has 1 N–H and O–H groups in total. The molecule has 5 aliphatic carbocycles. The summed E-state index contributed by atoms with van der Waals surface area (Å²) in [5, 5.41) is 9.39. The number of carboxylic acids is 1. The first-order valence-corrected chi connectivity index (χ1v) is 18.5. The van der Waals surface area contributed by atoms with Crippen molar-refractivity contribution >= 4 is 11.5 Å². The van der Waals surface area contributed by atoms with Gasteiger partial charge >= 0.3 is 5.97 Å². The summed E-state index contributed by atoms with van der Waals surface area (Å²) in [4.78, 5) is 14.1. The smallest absolute Gasteiger partial charge is 0.335 e. The van der Waals surface area contributed by atoms with E-state index in [-0.39, 0.29) is 5.41 Å². The molecule has 0 amide bonds. The first-order valence-electron chi connectivity index (χ1n) is 18.5. The van der Waals surface area contributed by atoms with E-state index in [1.165, 1.54) is 68.9 Å². The lowest BCUT2D eigenvalue weighted by Crippen LogP contribution is -2.67. The molecule has 4 saturated carbocycles. The molecule has 1 aromatic rings. The van der Waals surface area contributed by atoms with Gasteiger partial charge in [0, 0.05) is 5.54 Å². The van der Waals surface area contributed by atoms with E-state index in [4.69, 9.17) is 0 Å². The van der Waals surface area contributed by atoms with Crippen LogP contribution in [0, 0.1) is 45.3 Å². The zero-order valence-electron chi connectivity index (χ0n) is 31.4. The minimum atomic E-state index is -0.847. The highest BCUT2D eigenvalue weighted by Crippen LogP contribution is 2.76. The molecular weight excluding hydrogens is 550 g/mol. The minimum Gasteiger partial charge on any atom is -0.478 e. The Balaban J connectivity index is 0.000000733. The van der Waals surface area contributed by atoms with E-state index >= 15 is 0 Å². The van der Waals surface area contributed by atoms with Gasteiger partial charge in [0.2, 0.25) is 0 Å². The zero-order valence-corrected chi connectivity index (χ0v) is 31.4. The molecule has 254 valence electrons. The molecule has 45 heavy (non-hydrogen) atoms. The summed E-state index contributed by atoms with van der Waals surface area (Å²) in [6, 6.07) is 7.64. The van der Waals surface area contributed by atoms with Crippen molar-refractivity contribution < 1.29 is 9.90 Å². The molecule has 1 aromatic carbocycles. The van der Waals surface area contributed by atoms with Crippen molar-refractivity contribution in [2.75, 3.05) is 14.1 Å². The number of hydrogen-bond acceptors (Lipinski definition) is 2. The molecule has 7 unspecified atom stereocenters. The van der Waals surface area contributed by atoms with Crippen LogP contribution in [0.5, 0.6) is 0 Å². The van der Waals surface area contributed by atoms with Crippen LogP contribution >= 0.6 is 0 Å². The second-order valence-corrected chi connectivity index (χ2v) is 16.0. The number of rotatable bonds is 3. The summed E-state index contributed by atoms with van der Waals surface area (Å²) < 4.78 is 0. The topological polar surface area (TPSA) is 40.5 Å². The molecule has 0 spiro atoms. The Morgan fingerprint density at radius 1 is 0.822 bits per heavy atom. The number of nitrogens with zero attached hydrogens (tertiary/aromatic N) is 1. The third-order valence-electron chi connectivity index (χ3n) is 14.2. The molecule has 5 aliphatic rings. The van der Waals surface area contributed by atoms with Gasteiger partial charge in [0.25, 0.3) is 0 Å². The molecule has 0 saturated heterocycles. The lowest BCUT2D eigenvalue weighted by atomic mass is 9.33. The zero-order chi connectivity index (χ0) is 34.0. The van der Waals surface area contributed by atoms with Crippen molar-refractivity contribution in [2.24, 2.45) is 45.3 Å². The molecule has 0 bridgehead atoms. The second kappa shape index (κ2) is 14.1. The van der Waals surface area contributed by atoms with Crippen LogP contribution in [0.15, 0.2) is 43.0 Å². The predicted octanol–water partition coefficient (Wildman–Crippen LogP) is 11.8. The first-order chi connectivity index (χ1) is 21.2. The van der Waals surface area contributed by atoms with E-state index in [1.54, 1.807) is 18.2 Å². The molecule has 0 heterocycles. The van der Waals surface area contributed by atoms with Crippen molar-refractivity contribution in [2.45, 2.75) is 139 Å². The molecule has 3 nitrogen and oxygen atoms in total. The Bertz CT molecular complexity index is 1200. The maximum Gasteiger partial charge on any atom is 0.335 e. The highest BCUT2D eigenvalue weighted by molar-refractivity contribution is 5.88. The van der Waals surface area contributed by atoms with E-state index in [9.17, 15) is 9.90 Å². The van der Waals surface area contributed by atoms with Gasteiger partial charge in [-0.1, -0.05) is 93.0 Å². The maximum atomic E-state index is 11.4. The van der Waals surface area contributed by atoms with Gasteiger partial charge in [0.1, 0.15) is 0 Å². The fourth-order valence-corrected chi connectivity index (χ4v) is 12.2. The third-order valence-corrected chi connectivity index (χ3v) is 14.2. The number of fused-ring (bicyclic) bond motifs is 7. The van der Waals surface area contributed by atoms with Crippen LogP contribution in [0.25, 0.3) is 5.57 Å². The molecule has 8 atom stereocenters. The quantitative estimate of drug-likeness (QED) is 0.342. The van der Waals surface area contributed by atoms with Gasteiger partial charge in [-0.15, -0.1) is 6.58 Å². The number of carboxylic acid groups (broad SMARTS) is 1. The Morgan fingerprint density at radius 3 is 1.98 bits per heavy atom. The van der Waals surface area contributed by atoms with Crippen LogP contribution in [-0.2, 0) is 0 Å². The Kier molecular flexibility index (Phi) is 11.8. The molecular formula is C42H69NO2. The van der Waals surface area contributed by atoms with Crippen molar-refractivity contribution in [3.63, 3.8) is 0 Å². The van der Waals surface area contributed by atoms with Gasteiger partial charge in [-0.3, -0.25) is 0 Å². The van der Waals surface area contributed by atoms with E-state index in [2.05, 4.69) is 66.3 Å². The van der Waals surface area contributed by atoms with Gasteiger partial charge < -0.3 is 10.0 Å². The standard InChI is InChI=1S/C35H51NO2.C3H6.2C2H6/c1-31(2)25(23-10-12-24(13-11-23)30(37)38)16-19-32(3)28(31)17-20-34(5)29(32)15-14-26-27-9-8-18-35(27,36(6)7)22-21-33(26,34)4;1-3-2;2*1-2/h10-13,16,26-29H,8-9,14-15,17-22H2,1-7H3,(H,37,38);3H,1H2,2H3;2*1-2H3/t26?,27?,28?,29?,32?,33-,34?,35?;;;/m1.../s1. The van der Waals surface area contributed by atoms with E-state index < -0.39 is 5.97 Å². The SMILES string of the molecule is C=CC.CC.CC.CN(C)C12CCCC1C1CCC3C4(C)CC=C(c5ccc(C(=O)O)cc5)C(C)(C)C4CCC3(C)[C@]1(C)CC2. The van der Waals surface area contributed by atoms with E-state index in [1.807, 2.05) is 46.8 Å². The largest absolute Gasteiger partial charge is 0.478 e. The maximum absolute atomic E-state index is 11.4. The summed E-state index contributed by atoms with van der Waals surface area (Å²) in [5.41, 5.74) is 4.72. The fraction of sp³-hybridized carbons (Fsp3) is 0.738. The average molecular weight is 620 g/mol. The van der Waals surface area contributed by atoms with E-state index in [0.29, 0.717) is 33.3 Å². The number of aromatic carboxylic acids is 1. The number of carbonyl (C=O) groups is 1. The molecule has 0 aromatic heterocycles.